The molecule has 0 radical (unpaired) electrons. The van der Waals surface area contributed by atoms with E-state index >= 15 is 0 Å². The van der Waals surface area contributed by atoms with Gasteiger partial charge in [-0.15, -0.1) is 0 Å². The molecule has 148 valence electrons. The van der Waals surface area contributed by atoms with Crippen LogP contribution in [-0.4, -0.2) is 26.3 Å². The molecule has 4 N–H and O–H groups in total. The highest BCUT2D eigenvalue weighted by Gasteiger charge is 2.07. The van der Waals surface area contributed by atoms with Crippen molar-refractivity contribution in [2.24, 2.45) is 5.10 Å². The third-order valence-corrected chi connectivity index (χ3v) is 4.00. The molecule has 8 heteroatoms. The Kier molecular flexibility index (Phi) is 5.76. The summed E-state index contributed by atoms with van der Waals surface area (Å²) in [7, 11) is 0. The summed E-state index contributed by atoms with van der Waals surface area (Å²) in [5.41, 5.74) is 5.05. The van der Waals surface area contributed by atoms with Crippen LogP contribution in [0.3, 0.4) is 0 Å². The molecule has 0 fully saturated rings. The van der Waals surface area contributed by atoms with E-state index in [1.807, 2.05) is 66.7 Å². The van der Waals surface area contributed by atoms with Gasteiger partial charge in [-0.25, -0.2) is 5.43 Å². The van der Waals surface area contributed by atoms with Crippen LogP contribution in [0.1, 0.15) is 5.56 Å². The van der Waals surface area contributed by atoms with Gasteiger partial charge in [-0.2, -0.15) is 20.1 Å². The summed E-state index contributed by atoms with van der Waals surface area (Å²) in [6.45, 7) is 0. The molecule has 0 bridgehead atoms. The molecule has 0 amide bonds. The van der Waals surface area contributed by atoms with Crippen molar-refractivity contribution in [1.82, 2.24) is 15.0 Å². The van der Waals surface area contributed by atoms with E-state index in [0.29, 0.717) is 17.5 Å². The maximum Gasteiger partial charge on any atom is 0.250 e. The van der Waals surface area contributed by atoms with E-state index in [9.17, 15) is 5.11 Å². The number of aromatic hydroxyl groups is 1. The van der Waals surface area contributed by atoms with Crippen LogP contribution >= 0.6 is 0 Å². The summed E-state index contributed by atoms with van der Waals surface area (Å²) in [5.74, 6) is 1.09. The zero-order chi connectivity index (χ0) is 20.6. The van der Waals surface area contributed by atoms with Crippen LogP contribution < -0.4 is 16.1 Å². The van der Waals surface area contributed by atoms with Crippen molar-refractivity contribution in [3.05, 3.63) is 90.5 Å². The Morgan fingerprint density at radius 1 is 0.633 bits per heavy atom. The Labute approximate surface area is 173 Å². The topological polar surface area (TPSA) is 107 Å². The molecule has 0 saturated carbocycles. The molecular formula is C22H19N7O. The van der Waals surface area contributed by atoms with Gasteiger partial charge in [0.2, 0.25) is 17.8 Å². The van der Waals surface area contributed by atoms with Crippen LogP contribution in [0.25, 0.3) is 0 Å². The number of aromatic nitrogens is 3. The van der Waals surface area contributed by atoms with E-state index in [2.05, 4.69) is 36.1 Å². The zero-order valence-electron chi connectivity index (χ0n) is 15.9. The smallest absolute Gasteiger partial charge is 0.250 e. The molecule has 1 heterocycles. The van der Waals surface area contributed by atoms with Gasteiger partial charge in [0.05, 0.1) is 6.21 Å². The lowest BCUT2D eigenvalue weighted by molar-refractivity contribution is 0.474. The first-order valence-electron chi connectivity index (χ1n) is 9.23. The van der Waals surface area contributed by atoms with Gasteiger partial charge in [-0.05, 0) is 36.4 Å². The highest BCUT2D eigenvalue weighted by Crippen LogP contribution is 2.18. The number of phenolic OH excluding ortho intramolecular Hbond substituents is 1. The first-order valence-corrected chi connectivity index (χ1v) is 9.23. The number of benzene rings is 3. The third kappa shape index (κ3) is 5.08. The van der Waals surface area contributed by atoms with Crippen LogP contribution in [0.4, 0.5) is 29.2 Å². The maximum atomic E-state index is 9.84. The highest BCUT2D eigenvalue weighted by molar-refractivity contribution is 5.83. The fourth-order valence-electron chi connectivity index (χ4n) is 2.60. The molecule has 0 aliphatic heterocycles. The van der Waals surface area contributed by atoms with Crippen molar-refractivity contribution < 1.29 is 5.11 Å². The number of hydrogen-bond acceptors (Lipinski definition) is 8. The predicted molar refractivity (Wildman–Crippen MR) is 119 cm³/mol. The van der Waals surface area contributed by atoms with Crippen molar-refractivity contribution in [3.63, 3.8) is 0 Å². The molecule has 1 aromatic heterocycles. The lowest BCUT2D eigenvalue weighted by Gasteiger charge is -2.10. The third-order valence-electron chi connectivity index (χ3n) is 4.00. The highest BCUT2D eigenvalue weighted by atomic mass is 16.3. The number of nitrogens with one attached hydrogen (secondary N) is 3. The standard InChI is InChI=1S/C22H19N7O/c30-19-14-8-7-9-16(19)15-23-29-22-27-20(24-17-10-3-1-4-11-17)26-21(28-22)25-18-12-5-2-6-13-18/h1-15,30H,(H3,24,25,26,27,28,29)/b23-15+. The Bertz CT molecular complexity index is 1070. The molecule has 0 aliphatic rings. The number of hydrazone groups is 1. The van der Waals surface area contributed by atoms with Crippen molar-refractivity contribution >= 4 is 35.4 Å². The summed E-state index contributed by atoms with van der Waals surface area (Å²) in [6.07, 6.45) is 1.49. The van der Waals surface area contributed by atoms with Gasteiger partial charge in [0, 0.05) is 16.9 Å². The van der Waals surface area contributed by atoms with Crippen LogP contribution in [0.2, 0.25) is 0 Å². The van der Waals surface area contributed by atoms with Gasteiger partial charge >= 0.3 is 0 Å². The predicted octanol–water partition coefficient (Wildman–Crippen LogP) is 4.51. The number of phenols is 1. The monoisotopic (exact) mass is 397 g/mol. The second-order valence-corrected chi connectivity index (χ2v) is 6.22. The second-order valence-electron chi connectivity index (χ2n) is 6.22. The fourth-order valence-corrected chi connectivity index (χ4v) is 2.60. The number of nitrogens with zero attached hydrogens (tertiary/aromatic N) is 4. The molecular weight excluding hydrogens is 378 g/mol. The van der Waals surface area contributed by atoms with Gasteiger partial charge < -0.3 is 15.7 Å². The largest absolute Gasteiger partial charge is 0.507 e. The molecule has 8 nitrogen and oxygen atoms in total. The van der Waals surface area contributed by atoms with Gasteiger partial charge in [0.1, 0.15) is 5.75 Å². The molecule has 30 heavy (non-hydrogen) atoms. The van der Waals surface area contributed by atoms with Crippen molar-refractivity contribution in [1.29, 1.82) is 0 Å². The summed E-state index contributed by atoms with van der Waals surface area (Å²) < 4.78 is 0. The molecule has 0 spiro atoms. The summed E-state index contributed by atoms with van der Waals surface area (Å²) >= 11 is 0. The van der Waals surface area contributed by atoms with Crippen molar-refractivity contribution in [3.8, 4) is 5.75 Å². The molecule has 0 aliphatic carbocycles. The lowest BCUT2D eigenvalue weighted by Crippen LogP contribution is -2.07. The SMILES string of the molecule is Oc1ccccc1/C=N/Nc1nc(Nc2ccccc2)nc(Nc2ccccc2)n1. The Morgan fingerprint density at radius 3 is 1.70 bits per heavy atom. The number of anilines is 5. The molecule has 0 saturated heterocycles. The Morgan fingerprint density at radius 2 is 1.13 bits per heavy atom. The van der Waals surface area contributed by atoms with Crippen LogP contribution in [0.5, 0.6) is 5.75 Å². The maximum absolute atomic E-state index is 9.84. The van der Waals surface area contributed by atoms with E-state index in [4.69, 9.17) is 0 Å². The Balaban J connectivity index is 1.58. The molecule has 0 atom stereocenters. The normalized spacial score (nSPS) is 10.7. The summed E-state index contributed by atoms with van der Waals surface area (Å²) in [6, 6.07) is 26.1. The minimum Gasteiger partial charge on any atom is -0.507 e. The van der Waals surface area contributed by atoms with Gasteiger partial charge in [0.25, 0.3) is 0 Å². The minimum absolute atomic E-state index is 0.136. The summed E-state index contributed by atoms with van der Waals surface area (Å²) in [5, 5.41) is 20.3. The second kappa shape index (κ2) is 9.16. The van der Waals surface area contributed by atoms with Crippen molar-refractivity contribution in [2.45, 2.75) is 0 Å². The van der Waals surface area contributed by atoms with E-state index in [-0.39, 0.29) is 11.7 Å². The number of hydrogen-bond donors (Lipinski definition) is 4. The van der Waals surface area contributed by atoms with Crippen LogP contribution in [0, 0.1) is 0 Å². The first kappa shape index (κ1) is 18.9. The van der Waals surface area contributed by atoms with Crippen LogP contribution in [-0.2, 0) is 0 Å². The fraction of sp³-hybridized carbons (Fsp3) is 0. The quantitative estimate of drug-likeness (QED) is 0.268. The molecule has 4 aromatic rings. The van der Waals surface area contributed by atoms with Gasteiger partial charge in [0.15, 0.2) is 0 Å². The molecule has 4 rings (SSSR count). The van der Waals surface area contributed by atoms with Crippen molar-refractivity contribution in [2.75, 3.05) is 16.1 Å². The van der Waals surface area contributed by atoms with E-state index < -0.39 is 0 Å². The summed E-state index contributed by atoms with van der Waals surface area (Å²) in [4.78, 5) is 13.2. The average molecular weight is 397 g/mol. The van der Waals surface area contributed by atoms with Gasteiger partial charge in [-0.3, -0.25) is 0 Å². The Hall–Kier alpha value is -4.46. The molecule has 3 aromatic carbocycles. The van der Waals surface area contributed by atoms with Crippen LogP contribution in [0.15, 0.2) is 90.0 Å². The minimum atomic E-state index is 0.136. The van der Waals surface area contributed by atoms with Gasteiger partial charge in [-0.1, -0.05) is 48.5 Å². The number of rotatable bonds is 7. The van der Waals surface area contributed by atoms with E-state index in [1.165, 1.54) is 6.21 Å². The molecule has 0 unspecified atom stereocenters. The lowest BCUT2D eigenvalue weighted by atomic mass is 10.2. The first-order chi connectivity index (χ1) is 14.8. The zero-order valence-corrected chi connectivity index (χ0v) is 15.9. The number of para-hydroxylation sites is 3. The van der Waals surface area contributed by atoms with E-state index in [1.54, 1.807) is 18.2 Å². The van der Waals surface area contributed by atoms with E-state index in [0.717, 1.165) is 11.4 Å². The average Bonchev–Trinajstić information content (AvgIpc) is 2.76.